The highest BCUT2D eigenvalue weighted by atomic mass is 35.5. The van der Waals surface area contributed by atoms with Crippen molar-refractivity contribution in [2.24, 2.45) is 0 Å². The van der Waals surface area contributed by atoms with Gasteiger partial charge in [0, 0.05) is 24.4 Å². The molecule has 0 aliphatic carbocycles. The number of aliphatic hydroxyl groups is 1. The lowest BCUT2D eigenvalue weighted by Gasteiger charge is -2.09. The van der Waals surface area contributed by atoms with Crippen LogP contribution in [0.2, 0.25) is 5.02 Å². The van der Waals surface area contributed by atoms with Crippen molar-refractivity contribution in [1.29, 1.82) is 0 Å². The quantitative estimate of drug-likeness (QED) is 0.689. The van der Waals surface area contributed by atoms with E-state index >= 15 is 0 Å². The van der Waals surface area contributed by atoms with Crippen LogP contribution < -0.4 is 4.74 Å². The second kappa shape index (κ2) is 5.85. The van der Waals surface area contributed by atoms with E-state index in [9.17, 15) is 15.2 Å². The molecule has 0 unspecified atom stereocenters. The first-order chi connectivity index (χ1) is 9.47. The monoisotopic (exact) mass is 294 g/mol. The molecule has 1 heterocycles. The summed E-state index contributed by atoms with van der Waals surface area (Å²) in [5.41, 5.74) is 0.529. The molecule has 0 fully saturated rings. The van der Waals surface area contributed by atoms with Crippen molar-refractivity contribution in [2.75, 3.05) is 0 Å². The van der Waals surface area contributed by atoms with E-state index in [0.717, 1.165) is 0 Å². The number of hydrogen-bond acceptors (Lipinski definition) is 5. The van der Waals surface area contributed by atoms with Gasteiger partial charge in [-0.25, -0.2) is 4.98 Å². The number of halogens is 1. The van der Waals surface area contributed by atoms with Gasteiger partial charge in [-0.2, -0.15) is 0 Å². The van der Waals surface area contributed by atoms with Crippen molar-refractivity contribution in [2.45, 2.75) is 13.0 Å². The average molecular weight is 295 g/mol. The summed E-state index contributed by atoms with van der Waals surface area (Å²) in [6.45, 7) is 1.62. The predicted molar refractivity (Wildman–Crippen MR) is 73.1 cm³/mol. The van der Waals surface area contributed by atoms with E-state index in [4.69, 9.17) is 16.3 Å². The Bertz CT molecular complexity index is 646. The molecule has 0 spiro atoms. The first-order valence-electron chi connectivity index (χ1n) is 5.73. The number of rotatable bonds is 4. The van der Waals surface area contributed by atoms with Crippen LogP contribution in [0.25, 0.3) is 0 Å². The molecule has 104 valence electrons. The van der Waals surface area contributed by atoms with Gasteiger partial charge in [-0.3, -0.25) is 10.1 Å². The number of nitro groups is 1. The molecule has 0 saturated heterocycles. The molecule has 0 aliphatic rings. The fourth-order valence-corrected chi connectivity index (χ4v) is 1.75. The van der Waals surface area contributed by atoms with E-state index in [1.165, 1.54) is 24.4 Å². The van der Waals surface area contributed by atoms with E-state index in [0.29, 0.717) is 5.56 Å². The van der Waals surface area contributed by atoms with Gasteiger partial charge in [0.1, 0.15) is 5.75 Å². The summed E-state index contributed by atoms with van der Waals surface area (Å²) < 4.78 is 5.46. The second-order valence-corrected chi connectivity index (χ2v) is 4.48. The van der Waals surface area contributed by atoms with Crippen LogP contribution in [0.1, 0.15) is 18.6 Å². The highest BCUT2D eigenvalue weighted by Gasteiger charge is 2.12. The molecule has 7 heteroatoms. The Morgan fingerprint density at radius 1 is 1.40 bits per heavy atom. The third kappa shape index (κ3) is 3.23. The molecule has 0 radical (unpaired) electrons. The van der Waals surface area contributed by atoms with Gasteiger partial charge in [0.2, 0.25) is 5.88 Å². The van der Waals surface area contributed by atoms with Gasteiger partial charge in [0.15, 0.2) is 0 Å². The summed E-state index contributed by atoms with van der Waals surface area (Å²) in [7, 11) is 0. The molecule has 20 heavy (non-hydrogen) atoms. The molecule has 2 rings (SSSR count). The first-order valence-corrected chi connectivity index (χ1v) is 6.11. The number of benzene rings is 1. The Labute approximate surface area is 119 Å². The second-order valence-electron chi connectivity index (χ2n) is 4.08. The maximum absolute atomic E-state index is 10.6. The SMILES string of the molecule is C[C@@H](O)c1ccnc(Oc2ccc([N+](=O)[O-])cc2Cl)c1. The van der Waals surface area contributed by atoms with E-state index in [1.807, 2.05) is 0 Å². The van der Waals surface area contributed by atoms with E-state index in [1.54, 1.807) is 19.1 Å². The third-order valence-electron chi connectivity index (χ3n) is 2.58. The van der Waals surface area contributed by atoms with Crippen LogP contribution in [-0.4, -0.2) is 15.0 Å². The standard InChI is InChI=1S/C13H11ClN2O4/c1-8(17)9-4-5-15-13(6-9)20-12-3-2-10(16(18)19)7-11(12)14/h2-8,17H,1H3/t8-/m1/s1. The summed E-state index contributed by atoms with van der Waals surface area (Å²) >= 11 is 5.92. The fraction of sp³-hybridized carbons (Fsp3) is 0.154. The van der Waals surface area contributed by atoms with E-state index in [-0.39, 0.29) is 22.3 Å². The van der Waals surface area contributed by atoms with Crippen LogP contribution >= 0.6 is 11.6 Å². The van der Waals surface area contributed by atoms with Gasteiger partial charge in [0.25, 0.3) is 5.69 Å². The summed E-state index contributed by atoms with van der Waals surface area (Å²) in [6, 6.07) is 7.13. The van der Waals surface area contributed by atoms with Crippen molar-refractivity contribution < 1.29 is 14.8 Å². The molecular weight excluding hydrogens is 284 g/mol. The highest BCUT2D eigenvalue weighted by Crippen LogP contribution is 2.32. The minimum Gasteiger partial charge on any atom is -0.437 e. The van der Waals surface area contributed by atoms with Crippen molar-refractivity contribution >= 4 is 17.3 Å². The summed E-state index contributed by atoms with van der Waals surface area (Å²) in [5, 5.41) is 20.2. The molecule has 0 saturated carbocycles. The number of nitro benzene ring substituents is 1. The third-order valence-corrected chi connectivity index (χ3v) is 2.88. The van der Waals surface area contributed by atoms with Crippen molar-refractivity contribution in [3.05, 3.63) is 57.2 Å². The Morgan fingerprint density at radius 2 is 2.15 bits per heavy atom. The number of ether oxygens (including phenoxy) is 1. The maximum Gasteiger partial charge on any atom is 0.271 e. The molecule has 6 nitrogen and oxygen atoms in total. The van der Waals surface area contributed by atoms with Crippen LogP contribution in [0.5, 0.6) is 11.6 Å². The number of aliphatic hydroxyl groups excluding tert-OH is 1. The Balaban J connectivity index is 2.26. The van der Waals surface area contributed by atoms with Crippen molar-refractivity contribution in [3.63, 3.8) is 0 Å². The molecular formula is C13H11ClN2O4. The van der Waals surface area contributed by atoms with Gasteiger partial charge < -0.3 is 9.84 Å². The number of non-ortho nitro benzene ring substituents is 1. The summed E-state index contributed by atoms with van der Waals surface area (Å²) in [4.78, 5) is 14.1. The minimum absolute atomic E-state index is 0.114. The van der Waals surface area contributed by atoms with Gasteiger partial charge >= 0.3 is 0 Å². The van der Waals surface area contributed by atoms with Crippen LogP contribution in [0.3, 0.4) is 0 Å². The van der Waals surface area contributed by atoms with Crippen LogP contribution in [-0.2, 0) is 0 Å². The first kappa shape index (κ1) is 14.2. The lowest BCUT2D eigenvalue weighted by molar-refractivity contribution is -0.384. The lowest BCUT2D eigenvalue weighted by Crippen LogP contribution is -1.95. The Morgan fingerprint density at radius 3 is 2.75 bits per heavy atom. The minimum atomic E-state index is -0.646. The zero-order valence-corrected chi connectivity index (χ0v) is 11.2. The van der Waals surface area contributed by atoms with Crippen molar-refractivity contribution in [1.82, 2.24) is 4.98 Å². The zero-order chi connectivity index (χ0) is 14.7. The van der Waals surface area contributed by atoms with Crippen LogP contribution in [0, 0.1) is 10.1 Å². The van der Waals surface area contributed by atoms with Gasteiger partial charge in [0.05, 0.1) is 16.0 Å². The average Bonchev–Trinajstić information content (AvgIpc) is 2.41. The zero-order valence-electron chi connectivity index (χ0n) is 10.5. The number of hydrogen-bond donors (Lipinski definition) is 1. The van der Waals surface area contributed by atoms with E-state index in [2.05, 4.69) is 4.98 Å². The molecule has 1 N–H and O–H groups in total. The Kier molecular flexibility index (Phi) is 4.16. The van der Waals surface area contributed by atoms with Gasteiger partial charge in [-0.15, -0.1) is 0 Å². The number of nitrogens with zero attached hydrogens (tertiary/aromatic N) is 2. The number of pyridine rings is 1. The van der Waals surface area contributed by atoms with Gasteiger partial charge in [-0.1, -0.05) is 11.6 Å². The van der Waals surface area contributed by atoms with Gasteiger partial charge in [-0.05, 0) is 24.6 Å². The van der Waals surface area contributed by atoms with Crippen LogP contribution in [0.4, 0.5) is 5.69 Å². The molecule has 0 aliphatic heterocycles. The summed E-state index contributed by atoms with van der Waals surface area (Å²) in [6.07, 6.45) is 0.851. The van der Waals surface area contributed by atoms with E-state index < -0.39 is 11.0 Å². The topological polar surface area (TPSA) is 85.5 Å². The lowest BCUT2D eigenvalue weighted by atomic mass is 10.2. The predicted octanol–water partition coefficient (Wildman–Crippen LogP) is 3.49. The Hall–Kier alpha value is -2.18. The van der Waals surface area contributed by atoms with Crippen molar-refractivity contribution in [3.8, 4) is 11.6 Å². The normalized spacial score (nSPS) is 11.9. The smallest absolute Gasteiger partial charge is 0.271 e. The largest absolute Gasteiger partial charge is 0.437 e. The maximum atomic E-state index is 10.6. The number of aromatic nitrogens is 1. The highest BCUT2D eigenvalue weighted by molar-refractivity contribution is 6.32. The molecule has 1 atom stereocenters. The molecule has 1 aromatic carbocycles. The summed E-state index contributed by atoms with van der Waals surface area (Å²) in [5.74, 6) is 0.506. The molecule has 1 aromatic heterocycles. The fourth-order valence-electron chi connectivity index (χ4n) is 1.54. The molecule has 2 aromatic rings. The van der Waals surface area contributed by atoms with Crippen LogP contribution in [0.15, 0.2) is 36.5 Å². The molecule has 0 bridgehead atoms. The molecule has 0 amide bonds.